The van der Waals surface area contributed by atoms with Crippen LogP contribution in [0.1, 0.15) is 10.4 Å². The molecule has 1 aromatic rings. The van der Waals surface area contributed by atoms with Crippen LogP contribution in [-0.4, -0.2) is 18.7 Å². The summed E-state index contributed by atoms with van der Waals surface area (Å²) in [6.07, 6.45) is 0. The summed E-state index contributed by atoms with van der Waals surface area (Å²) >= 11 is 0. The van der Waals surface area contributed by atoms with E-state index in [1.807, 2.05) is 0 Å². The van der Waals surface area contributed by atoms with Crippen LogP contribution in [0.5, 0.6) is 0 Å². The number of likely N-dealkylation sites (N-methyl/N-ethyl adjacent to an activating group) is 1. The molecule has 1 aliphatic heterocycles. The average molecular weight is 160 g/mol. The predicted molar refractivity (Wildman–Crippen MR) is 43.0 cm³/mol. The van der Waals surface area contributed by atoms with Crippen LogP contribution in [0, 0.1) is 6.07 Å². The first-order valence-corrected chi connectivity index (χ1v) is 3.54. The summed E-state index contributed by atoms with van der Waals surface area (Å²) in [5.74, 6) is -0.908. The van der Waals surface area contributed by atoms with Gasteiger partial charge in [0.15, 0.2) is 0 Å². The van der Waals surface area contributed by atoms with Crippen molar-refractivity contribution in [1.29, 1.82) is 0 Å². The predicted octanol–water partition coefficient (Wildman–Crippen LogP) is 0.646. The largest absolute Gasteiger partial charge is 0.308 e. The fourth-order valence-electron chi connectivity index (χ4n) is 1.27. The van der Waals surface area contributed by atoms with Gasteiger partial charge >= 0.3 is 0 Å². The fourth-order valence-corrected chi connectivity index (χ4v) is 1.27. The summed E-state index contributed by atoms with van der Waals surface area (Å²) < 4.78 is 0. The highest BCUT2D eigenvalue weighted by molar-refractivity contribution is 6.52. The minimum atomic E-state index is -0.468. The van der Waals surface area contributed by atoms with E-state index < -0.39 is 11.7 Å². The zero-order valence-electron chi connectivity index (χ0n) is 6.50. The lowest BCUT2D eigenvalue weighted by Gasteiger charge is -2.06. The minimum absolute atomic E-state index is 0.440. The highest BCUT2D eigenvalue weighted by Gasteiger charge is 2.32. The summed E-state index contributed by atoms with van der Waals surface area (Å²) in [6.45, 7) is 0. The molecule has 0 spiro atoms. The molecule has 1 aliphatic rings. The van der Waals surface area contributed by atoms with Crippen LogP contribution in [-0.2, 0) is 4.79 Å². The van der Waals surface area contributed by atoms with Crippen molar-refractivity contribution in [3.8, 4) is 0 Å². The molecular weight excluding hydrogens is 154 g/mol. The van der Waals surface area contributed by atoms with E-state index in [0.717, 1.165) is 0 Å². The summed E-state index contributed by atoms with van der Waals surface area (Å²) in [6, 6.07) is 7.69. The minimum Gasteiger partial charge on any atom is -0.308 e. The number of nitrogens with zero attached hydrogens (tertiary/aromatic N) is 1. The maximum absolute atomic E-state index is 11.2. The number of amides is 1. The zero-order chi connectivity index (χ0) is 8.72. The lowest BCUT2D eigenvalue weighted by molar-refractivity contribution is -0.114. The number of hydrogen-bond donors (Lipinski definition) is 0. The summed E-state index contributed by atoms with van der Waals surface area (Å²) in [4.78, 5) is 23.7. The Morgan fingerprint density at radius 1 is 1.42 bits per heavy atom. The quantitative estimate of drug-likeness (QED) is 0.522. The van der Waals surface area contributed by atoms with Crippen molar-refractivity contribution in [2.75, 3.05) is 11.9 Å². The van der Waals surface area contributed by atoms with Gasteiger partial charge in [-0.3, -0.25) is 9.59 Å². The van der Waals surface area contributed by atoms with Crippen molar-refractivity contribution in [3.63, 3.8) is 0 Å². The topological polar surface area (TPSA) is 37.4 Å². The molecule has 0 aliphatic carbocycles. The molecule has 1 aromatic carbocycles. The SMILES string of the molecule is CN1C(=O)C(=O)c2c[c]ccc21. The molecule has 0 saturated carbocycles. The smallest absolute Gasteiger partial charge is 0.299 e. The molecule has 0 aromatic heterocycles. The molecule has 0 fully saturated rings. The molecule has 1 heterocycles. The second-order valence-corrected chi connectivity index (χ2v) is 2.64. The van der Waals surface area contributed by atoms with Crippen molar-refractivity contribution in [2.45, 2.75) is 0 Å². The van der Waals surface area contributed by atoms with E-state index in [-0.39, 0.29) is 0 Å². The number of carbonyl (C=O) groups excluding carboxylic acids is 2. The van der Waals surface area contributed by atoms with E-state index in [4.69, 9.17) is 0 Å². The zero-order valence-corrected chi connectivity index (χ0v) is 6.50. The number of anilines is 1. The van der Waals surface area contributed by atoms with Gasteiger partial charge in [-0.2, -0.15) is 0 Å². The first-order valence-electron chi connectivity index (χ1n) is 3.54. The Labute approximate surface area is 69.6 Å². The van der Waals surface area contributed by atoms with Gasteiger partial charge in [-0.05, 0) is 18.2 Å². The molecule has 0 unspecified atom stereocenters. The number of ketones is 1. The van der Waals surface area contributed by atoms with E-state index in [9.17, 15) is 9.59 Å². The number of rotatable bonds is 0. The summed E-state index contributed by atoms with van der Waals surface area (Å²) in [5.41, 5.74) is 1.12. The van der Waals surface area contributed by atoms with Crippen LogP contribution >= 0.6 is 0 Å². The highest BCUT2D eigenvalue weighted by Crippen LogP contribution is 2.26. The van der Waals surface area contributed by atoms with E-state index in [1.54, 1.807) is 25.2 Å². The van der Waals surface area contributed by atoms with E-state index in [1.165, 1.54) is 4.90 Å². The van der Waals surface area contributed by atoms with Crippen LogP contribution in [0.3, 0.4) is 0 Å². The van der Waals surface area contributed by atoms with Gasteiger partial charge in [-0.15, -0.1) is 0 Å². The van der Waals surface area contributed by atoms with Crippen molar-refractivity contribution in [2.24, 2.45) is 0 Å². The van der Waals surface area contributed by atoms with Gasteiger partial charge in [0.25, 0.3) is 11.7 Å². The van der Waals surface area contributed by atoms with Crippen LogP contribution in [0.25, 0.3) is 0 Å². The van der Waals surface area contributed by atoms with E-state index >= 15 is 0 Å². The summed E-state index contributed by atoms with van der Waals surface area (Å²) in [7, 11) is 1.59. The lowest BCUT2D eigenvalue weighted by atomic mass is 10.1. The van der Waals surface area contributed by atoms with Crippen molar-refractivity contribution >= 4 is 17.4 Å². The maximum atomic E-state index is 11.2. The number of fused-ring (bicyclic) bond motifs is 1. The molecule has 0 atom stereocenters. The molecule has 59 valence electrons. The van der Waals surface area contributed by atoms with E-state index in [2.05, 4.69) is 6.07 Å². The molecule has 1 radical (unpaired) electrons. The van der Waals surface area contributed by atoms with Crippen molar-refractivity contribution in [3.05, 3.63) is 29.8 Å². The second kappa shape index (κ2) is 2.17. The third-order valence-corrected chi connectivity index (χ3v) is 1.95. The molecule has 3 nitrogen and oxygen atoms in total. The number of Topliss-reactive ketones (excluding diaryl/α,β-unsaturated/α-hetero) is 1. The first kappa shape index (κ1) is 7.03. The lowest BCUT2D eigenvalue weighted by Crippen LogP contribution is -2.24. The molecule has 1 amide bonds. The fraction of sp³-hybridized carbons (Fsp3) is 0.111. The van der Waals surface area contributed by atoms with Gasteiger partial charge in [0.1, 0.15) is 0 Å². The number of hydrogen-bond acceptors (Lipinski definition) is 2. The van der Waals surface area contributed by atoms with Gasteiger partial charge < -0.3 is 4.90 Å². The Hall–Kier alpha value is -1.64. The van der Waals surface area contributed by atoms with Gasteiger partial charge in [0.2, 0.25) is 0 Å². The van der Waals surface area contributed by atoms with Crippen LogP contribution in [0.2, 0.25) is 0 Å². The van der Waals surface area contributed by atoms with Crippen LogP contribution < -0.4 is 4.90 Å². The molecule has 3 heteroatoms. The monoisotopic (exact) mass is 160 g/mol. The Kier molecular flexibility index (Phi) is 1.27. The Morgan fingerprint density at radius 2 is 2.17 bits per heavy atom. The van der Waals surface area contributed by atoms with Crippen molar-refractivity contribution in [1.82, 2.24) is 0 Å². The Balaban J connectivity index is 2.67. The summed E-state index contributed by atoms with van der Waals surface area (Å²) in [5, 5.41) is 0. The normalized spacial score (nSPS) is 15.2. The van der Waals surface area contributed by atoms with Crippen LogP contribution in [0.15, 0.2) is 18.2 Å². The van der Waals surface area contributed by atoms with Crippen molar-refractivity contribution < 1.29 is 9.59 Å². The van der Waals surface area contributed by atoms with E-state index in [0.29, 0.717) is 11.3 Å². The Bertz CT molecular complexity index is 371. The molecule has 0 bridgehead atoms. The number of carbonyl (C=O) groups is 2. The molecule has 2 rings (SSSR count). The van der Waals surface area contributed by atoms with Gasteiger partial charge in [-0.1, -0.05) is 6.07 Å². The average Bonchev–Trinajstić information content (AvgIpc) is 2.33. The first-order chi connectivity index (χ1) is 5.72. The maximum Gasteiger partial charge on any atom is 0.299 e. The van der Waals surface area contributed by atoms with Gasteiger partial charge in [0, 0.05) is 7.05 Å². The van der Waals surface area contributed by atoms with Crippen LogP contribution in [0.4, 0.5) is 5.69 Å². The third kappa shape index (κ3) is 0.704. The standard InChI is InChI=1S/C9H6NO2/c1-10-7-5-3-2-4-6(7)8(11)9(10)12/h3-5H,1H3. The highest BCUT2D eigenvalue weighted by atomic mass is 16.2. The Morgan fingerprint density at radius 3 is 2.83 bits per heavy atom. The van der Waals surface area contributed by atoms with Gasteiger partial charge in [0.05, 0.1) is 11.3 Å². The molecule has 0 N–H and O–H groups in total. The second-order valence-electron chi connectivity index (χ2n) is 2.64. The number of benzene rings is 1. The third-order valence-electron chi connectivity index (χ3n) is 1.95. The molecule has 0 saturated heterocycles. The van der Waals surface area contributed by atoms with Gasteiger partial charge in [-0.25, -0.2) is 0 Å². The molecular formula is C9H6NO2. The molecule has 12 heavy (non-hydrogen) atoms.